The van der Waals surface area contributed by atoms with Crippen LogP contribution in [0.3, 0.4) is 0 Å². The molecule has 0 aliphatic rings. The Hall–Kier alpha value is -3.42. The van der Waals surface area contributed by atoms with Crippen molar-refractivity contribution in [1.29, 1.82) is 0 Å². The highest BCUT2D eigenvalue weighted by Gasteiger charge is 2.19. The Bertz CT molecular complexity index is 839. The number of anilines is 1. The Balaban J connectivity index is 2.17. The van der Waals surface area contributed by atoms with Crippen molar-refractivity contribution in [2.75, 3.05) is 19.1 Å². The fraction of sp³-hybridized carbons (Fsp3) is 0.167. The van der Waals surface area contributed by atoms with Gasteiger partial charge in [-0.2, -0.15) is 0 Å². The Kier molecular flexibility index (Phi) is 6.26. The van der Waals surface area contributed by atoms with Gasteiger partial charge in [-0.3, -0.25) is 9.69 Å². The van der Waals surface area contributed by atoms with Crippen LogP contribution < -0.4 is 10.6 Å². The number of nitrogens with zero attached hydrogens (tertiary/aromatic N) is 2. The molecule has 0 aromatic heterocycles. The zero-order valence-electron chi connectivity index (χ0n) is 14.3. The van der Waals surface area contributed by atoms with Gasteiger partial charge >= 0.3 is 6.09 Å². The molecule has 26 heavy (non-hydrogen) atoms. The molecule has 0 radical (unpaired) electrons. The number of para-hydroxylation sites is 1. The zero-order chi connectivity index (χ0) is 19.1. The number of hydrogen-bond acceptors (Lipinski definition) is 5. The van der Waals surface area contributed by atoms with Gasteiger partial charge < -0.3 is 15.3 Å². The van der Waals surface area contributed by atoms with E-state index in [9.17, 15) is 14.0 Å². The highest BCUT2D eigenvalue weighted by atomic mass is 19.1. The first-order valence-electron chi connectivity index (χ1n) is 7.60. The molecule has 2 rings (SSSR count). The number of nitrogens with two attached hydrogens (primary N) is 1. The van der Waals surface area contributed by atoms with E-state index in [4.69, 9.17) is 10.5 Å². The van der Waals surface area contributed by atoms with Gasteiger partial charge in [0, 0.05) is 12.6 Å². The molecule has 7 nitrogen and oxygen atoms in total. The summed E-state index contributed by atoms with van der Waals surface area (Å²) in [6.07, 6.45) is -0.755. The average molecular weight is 359 g/mol. The number of primary amides is 1. The van der Waals surface area contributed by atoms with Crippen molar-refractivity contribution < 1.29 is 23.6 Å². The number of benzene rings is 2. The molecule has 0 unspecified atom stereocenters. The third kappa shape index (κ3) is 4.35. The molecule has 0 spiro atoms. The minimum absolute atomic E-state index is 0.0876. The van der Waals surface area contributed by atoms with Gasteiger partial charge in [-0.1, -0.05) is 41.6 Å². The van der Waals surface area contributed by atoms with E-state index >= 15 is 0 Å². The van der Waals surface area contributed by atoms with Crippen LogP contribution in [0.4, 0.5) is 14.9 Å². The van der Waals surface area contributed by atoms with E-state index in [1.807, 2.05) is 0 Å². The summed E-state index contributed by atoms with van der Waals surface area (Å²) in [5.74, 6) is -1.33. The first kappa shape index (κ1) is 18.9. The summed E-state index contributed by atoms with van der Waals surface area (Å²) in [6.45, 7) is -0.163. The summed E-state index contributed by atoms with van der Waals surface area (Å²) >= 11 is 0. The van der Waals surface area contributed by atoms with Crippen molar-refractivity contribution in [2.45, 2.75) is 6.61 Å². The van der Waals surface area contributed by atoms with Crippen molar-refractivity contribution in [3.05, 3.63) is 65.5 Å². The second kappa shape index (κ2) is 8.61. The largest absolute Gasteiger partial charge is 0.444 e. The molecule has 2 aromatic carbocycles. The molecule has 0 heterocycles. The molecule has 0 atom stereocenters. The smallest absolute Gasteiger partial charge is 0.414 e. The Morgan fingerprint density at radius 2 is 1.81 bits per heavy atom. The lowest BCUT2D eigenvalue weighted by molar-refractivity contribution is -0.112. The van der Waals surface area contributed by atoms with Gasteiger partial charge in [-0.15, -0.1) is 0 Å². The van der Waals surface area contributed by atoms with E-state index in [0.29, 0.717) is 11.1 Å². The zero-order valence-corrected chi connectivity index (χ0v) is 14.3. The van der Waals surface area contributed by atoms with E-state index in [2.05, 4.69) is 9.99 Å². The van der Waals surface area contributed by atoms with Crippen molar-refractivity contribution in [3.63, 3.8) is 0 Å². The number of oxime groups is 1. The summed E-state index contributed by atoms with van der Waals surface area (Å²) in [6, 6.07) is 12.5. The average Bonchev–Trinajstić information content (AvgIpc) is 2.64. The van der Waals surface area contributed by atoms with Crippen LogP contribution in [0.1, 0.15) is 11.1 Å². The van der Waals surface area contributed by atoms with Crippen molar-refractivity contribution >= 4 is 23.4 Å². The molecular weight excluding hydrogens is 341 g/mol. The number of ether oxygens (including phenoxy) is 1. The molecular formula is C18H18FN3O4. The monoisotopic (exact) mass is 359 g/mol. The minimum atomic E-state index is -0.783. The Labute approximate surface area is 149 Å². The SMILES string of the molecule is CON=C(C(N)=O)c1ccccc1COC(=O)N(C)c1ccccc1F. The Morgan fingerprint density at radius 3 is 2.46 bits per heavy atom. The number of hydrogen-bond donors (Lipinski definition) is 1. The molecule has 2 N–H and O–H groups in total. The molecule has 136 valence electrons. The van der Waals surface area contributed by atoms with Crippen LogP contribution in [-0.2, 0) is 21.0 Å². The van der Waals surface area contributed by atoms with Gasteiger partial charge in [0.15, 0.2) is 5.71 Å². The number of carbonyl (C=O) groups excluding carboxylic acids is 2. The second-order valence-electron chi connectivity index (χ2n) is 5.21. The van der Waals surface area contributed by atoms with Crippen LogP contribution in [-0.4, -0.2) is 31.9 Å². The predicted molar refractivity (Wildman–Crippen MR) is 94.2 cm³/mol. The third-order valence-electron chi connectivity index (χ3n) is 3.53. The first-order chi connectivity index (χ1) is 12.5. The first-order valence-corrected chi connectivity index (χ1v) is 7.60. The molecule has 0 aliphatic carbocycles. The van der Waals surface area contributed by atoms with E-state index in [0.717, 1.165) is 4.90 Å². The topological polar surface area (TPSA) is 94.2 Å². The minimum Gasteiger partial charge on any atom is -0.444 e. The van der Waals surface area contributed by atoms with Crippen LogP contribution >= 0.6 is 0 Å². The molecule has 0 saturated carbocycles. The lowest BCUT2D eigenvalue weighted by atomic mass is 10.0. The van der Waals surface area contributed by atoms with Crippen LogP contribution in [0.15, 0.2) is 53.7 Å². The molecule has 0 saturated heterocycles. The maximum atomic E-state index is 13.8. The highest BCUT2D eigenvalue weighted by Crippen LogP contribution is 2.19. The fourth-order valence-electron chi connectivity index (χ4n) is 2.25. The van der Waals surface area contributed by atoms with Crippen LogP contribution in [0.25, 0.3) is 0 Å². The summed E-state index contributed by atoms with van der Waals surface area (Å²) in [7, 11) is 2.68. The molecule has 0 bridgehead atoms. The lowest BCUT2D eigenvalue weighted by Crippen LogP contribution is -2.29. The number of rotatable bonds is 6. The number of amides is 2. The van der Waals surface area contributed by atoms with Crippen LogP contribution in [0, 0.1) is 5.82 Å². The normalized spacial score (nSPS) is 11.0. The summed E-state index contributed by atoms with van der Waals surface area (Å²) in [5, 5.41) is 3.62. The second-order valence-corrected chi connectivity index (χ2v) is 5.21. The quantitative estimate of drug-likeness (QED) is 0.633. The van der Waals surface area contributed by atoms with Gasteiger partial charge in [-0.25, -0.2) is 9.18 Å². The van der Waals surface area contributed by atoms with Crippen molar-refractivity contribution in [1.82, 2.24) is 0 Å². The van der Waals surface area contributed by atoms with E-state index in [-0.39, 0.29) is 18.0 Å². The molecule has 0 aliphatic heterocycles. The van der Waals surface area contributed by atoms with Crippen LogP contribution in [0.2, 0.25) is 0 Å². The maximum Gasteiger partial charge on any atom is 0.414 e. The van der Waals surface area contributed by atoms with Crippen LogP contribution in [0.5, 0.6) is 0 Å². The lowest BCUT2D eigenvalue weighted by Gasteiger charge is -2.18. The molecule has 2 aromatic rings. The van der Waals surface area contributed by atoms with E-state index in [1.54, 1.807) is 30.3 Å². The highest BCUT2D eigenvalue weighted by molar-refractivity contribution is 6.45. The summed E-state index contributed by atoms with van der Waals surface area (Å²) in [5.41, 5.74) is 6.18. The standard InChI is InChI=1S/C18H18FN3O4/c1-22(15-10-6-5-9-14(15)19)18(24)26-11-12-7-3-4-8-13(12)16(17(20)23)21-25-2/h3-10H,11H2,1-2H3,(H2,20,23). The molecule has 8 heteroatoms. The predicted octanol–water partition coefficient (Wildman–Crippen LogP) is 2.43. The van der Waals surface area contributed by atoms with Crippen molar-refractivity contribution in [2.24, 2.45) is 10.9 Å². The van der Waals surface area contributed by atoms with Crippen molar-refractivity contribution in [3.8, 4) is 0 Å². The van der Waals surface area contributed by atoms with Gasteiger partial charge in [-0.05, 0) is 17.7 Å². The van der Waals surface area contributed by atoms with Gasteiger partial charge in [0.05, 0.1) is 5.69 Å². The molecule has 2 amide bonds. The van der Waals surface area contributed by atoms with Gasteiger partial charge in [0.1, 0.15) is 19.5 Å². The van der Waals surface area contributed by atoms with Gasteiger partial charge in [0.2, 0.25) is 0 Å². The Morgan fingerprint density at radius 1 is 1.15 bits per heavy atom. The third-order valence-corrected chi connectivity index (χ3v) is 3.53. The summed E-state index contributed by atoms with van der Waals surface area (Å²) in [4.78, 5) is 29.5. The number of carbonyl (C=O) groups is 2. The van der Waals surface area contributed by atoms with E-state index < -0.39 is 17.8 Å². The fourth-order valence-corrected chi connectivity index (χ4v) is 2.25. The van der Waals surface area contributed by atoms with E-state index in [1.165, 1.54) is 32.4 Å². The summed E-state index contributed by atoms with van der Waals surface area (Å²) < 4.78 is 19.0. The van der Waals surface area contributed by atoms with Gasteiger partial charge in [0.25, 0.3) is 5.91 Å². The number of halogens is 1. The maximum absolute atomic E-state index is 13.8. The molecule has 0 fully saturated rings.